The van der Waals surface area contributed by atoms with Crippen molar-refractivity contribution >= 4 is 0 Å². The minimum Gasteiger partial charge on any atom is -0.439 e. The average Bonchev–Trinajstić information content (AvgIpc) is 3.60. The number of aliphatic hydroxyl groups is 1. The molecule has 1 N–H and O–H groups in total. The Balaban J connectivity index is 1.63. The number of ether oxygens (including phenoxy) is 2. The summed E-state index contributed by atoms with van der Waals surface area (Å²) in [6, 6.07) is 16.0. The number of rotatable bonds is 13. The standard InChI is InChI=1S/C27H32FN3O3/c1-3-15-33-19-23(32)17-31(16-20-9-10-20)18-25-26(21-7-5-4-6-8-21)29-30(2)27(25)34-24-13-11-22(28)12-14-24/h3-8,11-14,20,23,32H,1,9-10,15-19H2,2H3. The Morgan fingerprint density at radius 1 is 1.21 bits per heavy atom. The Bertz CT molecular complexity index is 1060. The molecule has 0 spiro atoms. The van der Waals surface area contributed by atoms with Gasteiger partial charge in [0, 0.05) is 32.2 Å². The molecule has 4 rings (SSSR count). The summed E-state index contributed by atoms with van der Waals surface area (Å²) in [6.07, 6.45) is 3.47. The van der Waals surface area contributed by atoms with Crippen LogP contribution in [0.3, 0.4) is 0 Å². The smallest absolute Gasteiger partial charge is 0.222 e. The van der Waals surface area contributed by atoms with Gasteiger partial charge in [0.2, 0.25) is 5.88 Å². The fourth-order valence-electron chi connectivity index (χ4n) is 4.00. The van der Waals surface area contributed by atoms with Crippen molar-refractivity contribution in [2.75, 3.05) is 26.3 Å². The van der Waals surface area contributed by atoms with Crippen LogP contribution in [-0.4, -0.2) is 52.2 Å². The predicted octanol–water partition coefficient (Wildman–Crippen LogP) is 4.79. The number of benzene rings is 2. The molecule has 0 amide bonds. The molecular weight excluding hydrogens is 433 g/mol. The summed E-state index contributed by atoms with van der Waals surface area (Å²) in [6.45, 7) is 6.24. The van der Waals surface area contributed by atoms with Gasteiger partial charge in [-0.2, -0.15) is 5.10 Å². The van der Waals surface area contributed by atoms with Crippen LogP contribution in [0.25, 0.3) is 11.3 Å². The molecule has 1 fully saturated rings. The van der Waals surface area contributed by atoms with E-state index in [9.17, 15) is 9.50 Å². The van der Waals surface area contributed by atoms with E-state index in [1.54, 1.807) is 22.9 Å². The van der Waals surface area contributed by atoms with Crippen LogP contribution in [0.1, 0.15) is 18.4 Å². The van der Waals surface area contributed by atoms with Gasteiger partial charge in [-0.3, -0.25) is 4.90 Å². The van der Waals surface area contributed by atoms with Crippen LogP contribution >= 0.6 is 0 Å². The molecule has 0 radical (unpaired) electrons. The minimum atomic E-state index is -0.614. The van der Waals surface area contributed by atoms with E-state index in [2.05, 4.69) is 11.5 Å². The zero-order valence-electron chi connectivity index (χ0n) is 19.6. The highest BCUT2D eigenvalue weighted by molar-refractivity contribution is 5.65. The predicted molar refractivity (Wildman–Crippen MR) is 130 cm³/mol. The molecule has 1 aliphatic carbocycles. The maximum atomic E-state index is 13.4. The van der Waals surface area contributed by atoms with Crippen LogP contribution in [0, 0.1) is 11.7 Å². The molecule has 34 heavy (non-hydrogen) atoms. The first-order chi connectivity index (χ1) is 16.5. The number of aromatic nitrogens is 2. The third-order valence-corrected chi connectivity index (χ3v) is 5.77. The van der Waals surface area contributed by atoms with Crippen LogP contribution in [0.5, 0.6) is 11.6 Å². The highest BCUT2D eigenvalue weighted by Gasteiger charge is 2.28. The van der Waals surface area contributed by atoms with Crippen molar-refractivity contribution in [3.8, 4) is 22.9 Å². The SMILES string of the molecule is C=CCOCC(O)CN(Cc1c(-c2ccccc2)nn(C)c1Oc1ccc(F)cc1)CC1CC1. The zero-order valence-corrected chi connectivity index (χ0v) is 19.6. The van der Waals surface area contributed by atoms with Gasteiger partial charge in [-0.15, -0.1) is 6.58 Å². The van der Waals surface area contributed by atoms with Gasteiger partial charge in [-0.05, 0) is 43.0 Å². The molecule has 6 nitrogen and oxygen atoms in total. The lowest BCUT2D eigenvalue weighted by atomic mass is 10.1. The Morgan fingerprint density at radius 3 is 2.62 bits per heavy atom. The quantitative estimate of drug-likeness (QED) is 0.290. The van der Waals surface area contributed by atoms with E-state index in [0.29, 0.717) is 37.2 Å². The molecule has 1 unspecified atom stereocenters. The number of hydrogen-bond acceptors (Lipinski definition) is 5. The fraction of sp³-hybridized carbons (Fsp3) is 0.370. The van der Waals surface area contributed by atoms with Gasteiger partial charge in [0.15, 0.2) is 0 Å². The molecule has 3 aromatic rings. The molecule has 0 saturated heterocycles. The van der Waals surface area contributed by atoms with Gasteiger partial charge in [-0.1, -0.05) is 36.4 Å². The summed E-state index contributed by atoms with van der Waals surface area (Å²) in [5, 5.41) is 15.4. The maximum Gasteiger partial charge on any atom is 0.222 e. The minimum absolute atomic E-state index is 0.255. The molecule has 1 atom stereocenters. The Morgan fingerprint density at radius 2 is 1.94 bits per heavy atom. The summed E-state index contributed by atoms with van der Waals surface area (Å²) >= 11 is 0. The number of hydrogen-bond donors (Lipinski definition) is 1. The number of aliphatic hydroxyl groups excluding tert-OH is 1. The van der Waals surface area contributed by atoms with Crippen molar-refractivity contribution in [3.05, 3.63) is 78.6 Å². The second-order valence-electron chi connectivity index (χ2n) is 8.80. The number of nitrogens with zero attached hydrogens (tertiary/aromatic N) is 3. The monoisotopic (exact) mass is 465 g/mol. The fourth-order valence-corrected chi connectivity index (χ4v) is 4.00. The first-order valence-electron chi connectivity index (χ1n) is 11.7. The van der Waals surface area contributed by atoms with Gasteiger partial charge in [0.1, 0.15) is 17.3 Å². The van der Waals surface area contributed by atoms with Crippen molar-refractivity contribution in [2.24, 2.45) is 13.0 Å². The van der Waals surface area contributed by atoms with Gasteiger partial charge in [0.05, 0.1) is 24.9 Å². The lowest BCUT2D eigenvalue weighted by Gasteiger charge is -2.25. The third kappa shape index (κ3) is 6.53. The van der Waals surface area contributed by atoms with Crippen LogP contribution in [0.2, 0.25) is 0 Å². The summed E-state index contributed by atoms with van der Waals surface area (Å²) in [5.41, 5.74) is 2.75. The van der Waals surface area contributed by atoms with Crippen molar-refractivity contribution in [3.63, 3.8) is 0 Å². The van der Waals surface area contributed by atoms with Crippen LogP contribution in [0.15, 0.2) is 67.3 Å². The first-order valence-corrected chi connectivity index (χ1v) is 11.7. The zero-order chi connectivity index (χ0) is 23.9. The van der Waals surface area contributed by atoms with E-state index >= 15 is 0 Å². The highest BCUT2D eigenvalue weighted by atomic mass is 19.1. The normalized spacial score (nSPS) is 14.4. The molecular formula is C27H32FN3O3. The second kappa shape index (κ2) is 11.4. The lowest BCUT2D eigenvalue weighted by Crippen LogP contribution is -2.36. The molecule has 1 saturated carbocycles. The molecule has 1 heterocycles. The van der Waals surface area contributed by atoms with Crippen LogP contribution < -0.4 is 4.74 Å². The van der Waals surface area contributed by atoms with Gasteiger partial charge >= 0.3 is 0 Å². The van der Waals surface area contributed by atoms with Crippen molar-refractivity contribution < 1.29 is 19.0 Å². The van der Waals surface area contributed by atoms with Crippen molar-refractivity contribution in [2.45, 2.75) is 25.5 Å². The Kier molecular flexibility index (Phi) is 8.11. The summed E-state index contributed by atoms with van der Waals surface area (Å²) in [5.74, 6) is 1.46. The molecule has 0 bridgehead atoms. The molecule has 2 aromatic carbocycles. The average molecular weight is 466 g/mol. The highest BCUT2D eigenvalue weighted by Crippen LogP contribution is 2.36. The Labute approximate surface area is 200 Å². The van der Waals surface area contributed by atoms with Crippen molar-refractivity contribution in [1.29, 1.82) is 0 Å². The summed E-state index contributed by atoms with van der Waals surface area (Å²) in [7, 11) is 1.85. The molecule has 1 aliphatic rings. The number of halogens is 1. The maximum absolute atomic E-state index is 13.4. The van der Waals surface area contributed by atoms with Gasteiger partial charge < -0.3 is 14.6 Å². The van der Waals surface area contributed by atoms with E-state index in [1.807, 2.05) is 37.4 Å². The largest absolute Gasteiger partial charge is 0.439 e. The van der Waals surface area contributed by atoms with E-state index in [-0.39, 0.29) is 12.4 Å². The second-order valence-corrected chi connectivity index (χ2v) is 8.80. The molecule has 0 aliphatic heterocycles. The van der Waals surface area contributed by atoms with Gasteiger partial charge in [0.25, 0.3) is 0 Å². The third-order valence-electron chi connectivity index (χ3n) is 5.77. The van der Waals surface area contributed by atoms with E-state index in [0.717, 1.165) is 23.4 Å². The molecule has 180 valence electrons. The first kappa shape index (κ1) is 24.1. The van der Waals surface area contributed by atoms with E-state index in [4.69, 9.17) is 14.6 Å². The topological polar surface area (TPSA) is 59.8 Å². The molecule has 7 heteroatoms. The Hall–Kier alpha value is -3.00. The van der Waals surface area contributed by atoms with E-state index < -0.39 is 6.10 Å². The lowest BCUT2D eigenvalue weighted by molar-refractivity contribution is 0.0235. The van der Waals surface area contributed by atoms with Crippen LogP contribution in [0.4, 0.5) is 4.39 Å². The van der Waals surface area contributed by atoms with Gasteiger partial charge in [-0.25, -0.2) is 9.07 Å². The summed E-state index contributed by atoms with van der Waals surface area (Å²) in [4.78, 5) is 2.25. The number of aryl methyl sites for hydroxylation is 1. The summed E-state index contributed by atoms with van der Waals surface area (Å²) < 4.78 is 26.8. The molecule has 1 aromatic heterocycles. The van der Waals surface area contributed by atoms with Crippen LogP contribution in [-0.2, 0) is 18.3 Å². The van der Waals surface area contributed by atoms with E-state index in [1.165, 1.54) is 25.0 Å². The van der Waals surface area contributed by atoms with Crippen molar-refractivity contribution in [1.82, 2.24) is 14.7 Å².